The largest absolute Gasteiger partial charge is 0.320 e. The van der Waals surface area contributed by atoms with Crippen LogP contribution < -0.4 is 5.56 Å². The number of hydrogen-bond donors (Lipinski definition) is 1. The van der Waals surface area contributed by atoms with E-state index < -0.39 is 31.6 Å². The van der Waals surface area contributed by atoms with Gasteiger partial charge in [-0.1, -0.05) is 0 Å². The van der Waals surface area contributed by atoms with Crippen molar-refractivity contribution in [3.05, 3.63) is 27.7 Å². The number of hydrogen-bond acceptors (Lipinski definition) is 3. The summed E-state index contributed by atoms with van der Waals surface area (Å²) in [6, 6.07) is 0.890. The van der Waals surface area contributed by atoms with Gasteiger partial charge >= 0.3 is 0 Å². The molecule has 1 heterocycles. The molecular formula is C7H6ClF2NO3S. The molecule has 0 aliphatic heterocycles. The molecule has 0 unspecified atom stereocenters. The van der Waals surface area contributed by atoms with Crippen molar-refractivity contribution in [3.8, 4) is 0 Å². The summed E-state index contributed by atoms with van der Waals surface area (Å²) in [5.74, 6) is 0. The van der Waals surface area contributed by atoms with Crippen LogP contribution in [0.3, 0.4) is 0 Å². The summed E-state index contributed by atoms with van der Waals surface area (Å²) in [7, 11) is 0.678. The second-order valence-electron chi connectivity index (χ2n) is 2.80. The molecule has 0 bridgehead atoms. The van der Waals surface area contributed by atoms with E-state index in [1.807, 2.05) is 0 Å². The number of nitrogens with one attached hydrogen (secondary N) is 1. The predicted molar refractivity (Wildman–Crippen MR) is 49.8 cm³/mol. The second kappa shape index (κ2) is 3.90. The van der Waals surface area contributed by atoms with E-state index >= 15 is 0 Å². The number of pyridine rings is 1. The van der Waals surface area contributed by atoms with Crippen LogP contribution in [0.2, 0.25) is 0 Å². The van der Waals surface area contributed by atoms with Crippen molar-refractivity contribution >= 4 is 19.7 Å². The number of aromatic nitrogens is 1. The maximum absolute atomic E-state index is 12.4. The van der Waals surface area contributed by atoms with Crippen LogP contribution in [-0.2, 0) is 9.05 Å². The maximum atomic E-state index is 12.4. The lowest BCUT2D eigenvalue weighted by Crippen LogP contribution is -2.14. The number of H-pyrrole nitrogens is 1. The van der Waals surface area contributed by atoms with E-state index in [1.165, 1.54) is 6.92 Å². The van der Waals surface area contributed by atoms with Gasteiger partial charge in [-0.05, 0) is 12.5 Å². The first-order chi connectivity index (χ1) is 6.73. The maximum Gasteiger partial charge on any atom is 0.279 e. The summed E-state index contributed by atoms with van der Waals surface area (Å²) in [6.45, 7) is 1.22. The molecule has 1 aromatic heterocycles. The van der Waals surface area contributed by atoms with Crippen LogP contribution in [0.4, 0.5) is 8.78 Å². The highest BCUT2D eigenvalue weighted by Gasteiger charge is 2.25. The number of alkyl halides is 2. The highest BCUT2D eigenvalue weighted by molar-refractivity contribution is 8.13. The smallest absolute Gasteiger partial charge is 0.279 e. The third-order valence-electron chi connectivity index (χ3n) is 1.67. The van der Waals surface area contributed by atoms with E-state index in [1.54, 1.807) is 4.98 Å². The number of aromatic amines is 1. The van der Waals surface area contributed by atoms with Gasteiger partial charge in [0.15, 0.2) is 0 Å². The fraction of sp³-hybridized carbons (Fsp3) is 0.286. The van der Waals surface area contributed by atoms with E-state index in [2.05, 4.69) is 0 Å². The van der Waals surface area contributed by atoms with Gasteiger partial charge in [-0.3, -0.25) is 4.79 Å². The second-order valence-corrected chi connectivity index (χ2v) is 5.30. The Morgan fingerprint density at radius 1 is 1.47 bits per heavy atom. The quantitative estimate of drug-likeness (QED) is 0.818. The first-order valence-corrected chi connectivity index (χ1v) is 6.01. The van der Waals surface area contributed by atoms with Crippen LogP contribution in [0.5, 0.6) is 0 Å². The Hall–Kier alpha value is -0.950. The molecular weight excluding hydrogens is 252 g/mol. The zero-order valence-electron chi connectivity index (χ0n) is 7.42. The summed E-state index contributed by atoms with van der Waals surface area (Å²) in [4.78, 5) is 11.9. The highest BCUT2D eigenvalue weighted by atomic mass is 35.7. The molecule has 0 radical (unpaired) electrons. The van der Waals surface area contributed by atoms with Crippen molar-refractivity contribution in [3.63, 3.8) is 0 Å². The third-order valence-corrected chi connectivity index (χ3v) is 3.16. The van der Waals surface area contributed by atoms with Crippen LogP contribution in [0.15, 0.2) is 15.8 Å². The zero-order chi connectivity index (χ0) is 11.8. The van der Waals surface area contributed by atoms with Gasteiger partial charge in [-0.15, -0.1) is 0 Å². The Labute approximate surface area is 88.3 Å². The lowest BCUT2D eigenvalue weighted by atomic mass is 10.2. The molecule has 0 atom stereocenters. The first-order valence-electron chi connectivity index (χ1n) is 3.70. The van der Waals surface area contributed by atoms with E-state index in [0.29, 0.717) is 0 Å². The van der Waals surface area contributed by atoms with Gasteiger partial charge in [0.1, 0.15) is 10.6 Å². The van der Waals surface area contributed by atoms with Crippen LogP contribution in [0.25, 0.3) is 0 Å². The lowest BCUT2D eigenvalue weighted by Gasteiger charge is -2.07. The van der Waals surface area contributed by atoms with Gasteiger partial charge in [-0.25, -0.2) is 17.2 Å². The van der Waals surface area contributed by atoms with Crippen molar-refractivity contribution in [1.82, 2.24) is 4.98 Å². The molecule has 0 fully saturated rings. The van der Waals surface area contributed by atoms with Gasteiger partial charge in [-0.2, -0.15) is 0 Å². The topological polar surface area (TPSA) is 67.0 Å². The number of aryl methyl sites for hydroxylation is 1. The highest BCUT2D eigenvalue weighted by Crippen LogP contribution is 2.28. The normalized spacial score (nSPS) is 12.1. The van der Waals surface area contributed by atoms with Crippen molar-refractivity contribution < 1.29 is 17.2 Å². The molecule has 1 aromatic rings. The average molecular weight is 258 g/mol. The minimum absolute atomic E-state index is 0.107. The molecule has 0 amide bonds. The number of rotatable bonds is 2. The van der Waals surface area contributed by atoms with Crippen molar-refractivity contribution in [2.75, 3.05) is 0 Å². The molecule has 0 spiro atoms. The molecule has 0 aliphatic carbocycles. The predicted octanol–water partition coefficient (Wildman–Crippen LogP) is 1.55. The molecule has 8 heteroatoms. The van der Waals surface area contributed by atoms with Crippen LogP contribution in [0, 0.1) is 6.92 Å². The Morgan fingerprint density at radius 2 is 2.00 bits per heavy atom. The lowest BCUT2D eigenvalue weighted by molar-refractivity contribution is 0.142. The number of halogens is 3. The first kappa shape index (κ1) is 12.1. The van der Waals surface area contributed by atoms with E-state index in [-0.39, 0.29) is 5.56 Å². The molecule has 4 nitrogen and oxygen atoms in total. The Morgan fingerprint density at radius 3 is 2.40 bits per heavy atom. The van der Waals surface area contributed by atoms with Crippen molar-refractivity contribution in [2.45, 2.75) is 18.2 Å². The minimum atomic E-state index is -4.30. The molecule has 0 aliphatic rings. The average Bonchev–Trinajstić information content (AvgIpc) is 1.99. The van der Waals surface area contributed by atoms with Crippen LogP contribution in [-0.4, -0.2) is 13.4 Å². The zero-order valence-corrected chi connectivity index (χ0v) is 8.99. The van der Waals surface area contributed by atoms with Crippen LogP contribution in [0.1, 0.15) is 17.7 Å². The van der Waals surface area contributed by atoms with E-state index in [4.69, 9.17) is 10.7 Å². The fourth-order valence-corrected chi connectivity index (χ4v) is 2.64. The summed E-state index contributed by atoms with van der Waals surface area (Å²) in [5.41, 5.74) is -1.88. The fourth-order valence-electron chi connectivity index (χ4n) is 1.18. The summed E-state index contributed by atoms with van der Waals surface area (Å²) in [6.07, 6.45) is -3.11. The summed E-state index contributed by atoms with van der Waals surface area (Å²) >= 11 is 0. The van der Waals surface area contributed by atoms with Crippen LogP contribution >= 0.6 is 10.7 Å². The van der Waals surface area contributed by atoms with E-state index in [0.717, 1.165) is 6.07 Å². The van der Waals surface area contributed by atoms with Crippen molar-refractivity contribution in [1.29, 1.82) is 0 Å². The summed E-state index contributed by atoms with van der Waals surface area (Å²) < 4.78 is 46.8. The van der Waals surface area contributed by atoms with Gasteiger partial charge in [0, 0.05) is 16.7 Å². The molecule has 0 saturated heterocycles. The summed E-state index contributed by atoms with van der Waals surface area (Å²) in [5, 5.41) is 0. The monoisotopic (exact) mass is 257 g/mol. The molecule has 84 valence electrons. The van der Waals surface area contributed by atoms with Gasteiger partial charge in [0.25, 0.3) is 15.5 Å². The van der Waals surface area contributed by atoms with Crippen molar-refractivity contribution in [2.24, 2.45) is 0 Å². The molecule has 0 saturated carbocycles. The van der Waals surface area contributed by atoms with E-state index in [9.17, 15) is 22.0 Å². The molecule has 0 aromatic carbocycles. The minimum Gasteiger partial charge on any atom is -0.320 e. The Kier molecular flexibility index (Phi) is 3.15. The standard InChI is InChI=1S/C7H6ClF2NO3S/c1-3-2-4(12)11-5(7(9)10)6(3)15(8,13)14/h2,7H,1H3,(H,11,12). The van der Waals surface area contributed by atoms with Gasteiger partial charge < -0.3 is 4.98 Å². The SMILES string of the molecule is Cc1cc(=O)[nH]c(C(F)F)c1S(=O)(=O)Cl. The van der Waals surface area contributed by atoms with Gasteiger partial charge in [0.2, 0.25) is 5.56 Å². The Bertz CT molecular complexity index is 538. The third kappa shape index (κ3) is 2.54. The Balaban J connectivity index is 3.70. The molecule has 1 N–H and O–H groups in total. The molecule has 15 heavy (non-hydrogen) atoms. The molecule has 1 rings (SSSR count). The van der Waals surface area contributed by atoms with Gasteiger partial charge in [0.05, 0.1) is 0 Å².